The lowest BCUT2D eigenvalue weighted by molar-refractivity contribution is -0.138. The number of hydrogen-bond donors (Lipinski definition) is 1. The molecule has 0 fully saturated rings. The van der Waals surface area contributed by atoms with E-state index in [9.17, 15) is 14.7 Å². The van der Waals surface area contributed by atoms with Gasteiger partial charge in [0, 0.05) is 5.56 Å². The second-order valence-electron chi connectivity index (χ2n) is 6.62. The summed E-state index contributed by atoms with van der Waals surface area (Å²) in [6.07, 6.45) is 1.67. The van der Waals surface area contributed by atoms with Crippen molar-refractivity contribution < 1.29 is 33.6 Å². The Kier molecular flexibility index (Phi) is 6.18. The SMILES string of the molecule is CCOC(=O)C1=C(O)C(=Cc2ccc3c(c2)OCO3)SC1=NC(=O)c1ccc(OC)cc1. The Morgan fingerprint density at radius 2 is 1.91 bits per heavy atom. The van der Waals surface area contributed by atoms with Crippen molar-refractivity contribution >= 4 is 34.8 Å². The van der Waals surface area contributed by atoms with Crippen LogP contribution in [-0.4, -0.2) is 42.5 Å². The Balaban J connectivity index is 1.68. The molecule has 8 nitrogen and oxygen atoms in total. The molecule has 0 spiro atoms. The van der Waals surface area contributed by atoms with Crippen LogP contribution >= 0.6 is 11.8 Å². The third kappa shape index (κ3) is 4.33. The van der Waals surface area contributed by atoms with Crippen molar-refractivity contribution in [3.63, 3.8) is 0 Å². The number of ether oxygens (including phenoxy) is 4. The third-order valence-corrected chi connectivity index (χ3v) is 5.62. The van der Waals surface area contributed by atoms with E-state index in [1.807, 2.05) is 0 Å². The van der Waals surface area contributed by atoms with E-state index < -0.39 is 11.9 Å². The van der Waals surface area contributed by atoms with Crippen LogP contribution in [0.4, 0.5) is 0 Å². The maximum atomic E-state index is 12.7. The van der Waals surface area contributed by atoms with Gasteiger partial charge in [0.25, 0.3) is 5.91 Å². The molecule has 2 aliphatic rings. The molecule has 2 aliphatic heterocycles. The molecule has 0 aromatic heterocycles. The molecule has 4 rings (SSSR count). The van der Waals surface area contributed by atoms with E-state index in [4.69, 9.17) is 18.9 Å². The first kappa shape index (κ1) is 21.5. The number of rotatable bonds is 5. The second-order valence-corrected chi connectivity index (χ2v) is 7.65. The smallest absolute Gasteiger partial charge is 0.344 e. The van der Waals surface area contributed by atoms with Crippen molar-refractivity contribution in [3.8, 4) is 17.2 Å². The predicted molar refractivity (Wildman–Crippen MR) is 119 cm³/mol. The first-order chi connectivity index (χ1) is 15.5. The summed E-state index contributed by atoms with van der Waals surface area (Å²) in [5.74, 6) is 0.197. The van der Waals surface area contributed by atoms with Crippen molar-refractivity contribution in [2.24, 2.45) is 4.99 Å². The molecule has 2 aromatic carbocycles. The Morgan fingerprint density at radius 3 is 2.62 bits per heavy atom. The van der Waals surface area contributed by atoms with Crippen LogP contribution in [-0.2, 0) is 9.53 Å². The third-order valence-electron chi connectivity index (χ3n) is 4.60. The molecule has 0 saturated heterocycles. The maximum absolute atomic E-state index is 12.7. The normalized spacial score (nSPS) is 17.2. The van der Waals surface area contributed by atoms with E-state index in [1.54, 1.807) is 55.5 Å². The van der Waals surface area contributed by atoms with Gasteiger partial charge in [-0.3, -0.25) is 4.79 Å². The number of carbonyl (C=O) groups is 2. The van der Waals surface area contributed by atoms with Gasteiger partial charge in [-0.1, -0.05) is 17.8 Å². The van der Waals surface area contributed by atoms with Gasteiger partial charge in [0.1, 0.15) is 22.1 Å². The first-order valence-corrected chi connectivity index (χ1v) is 10.5. The van der Waals surface area contributed by atoms with Crippen LogP contribution in [0.3, 0.4) is 0 Å². The number of aliphatic hydroxyl groups excluding tert-OH is 1. The molecular weight excluding hydrogens is 434 g/mol. The number of carbonyl (C=O) groups excluding carboxylic acids is 2. The number of methoxy groups -OCH3 is 1. The lowest BCUT2D eigenvalue weighted by atomic mass is 10.1. The Bertz CT molecular complexity index is 1170. The molecule has 0 unspecified atom stereocenters. The first-order valence-electron chi connectivity index (χ1n) is 9.67. The van der Waals surface area contributed by atoms with Crippen molar-refractivity contribution in [3.05, 3.63) is 69.8 Å². The van der Waals surface area contributed by atoms with Crippen LogP contribution in [0.25, 0.3) is 6.08 Å². The van der Waals surface area contributed by atoms with Gasteiger partial charge in [-0.15, -0.1) is 0 Å². The topological polar surface area (TPSA) is 104 Å². The lowest BCUT2D eigenvalue weighted by Gasteiger charge is -2.04. The predicted octanol–water partition coefficient (Wildman–Crippen LogP) is 4.13. The fraction of sp³-hybridized carbons (Fsp3) is 0.174. The largest absolute Gasteiger partial charge is 0.506 e. The molecule has 0 bridgehead atoms. The highest BCUT2D eigenvalue weighted by Gasteiger charge is 2.34. The molecule has 1 N–H and O–H groups in total. The fourth-order valence-corrected chi connectivity index (χ4v) is 4.05. The summed E-state index contributed by atoms with van der Waals surface area (Å²) in [7, 11) is 1.53. The van der Waals surface area contributed by atoms with Gasteiger partial charge < -0.3 is 24.1 Å². The Labute approximate surface area is 188 Å². The number of aliphatic imine (C=N–C) groups is 1. The van der Waals surface area contributed by atoms with Crippen LogP contribution in [0.1, 0.15) is 22.8 Å². The maximum Gasteiger partial charge on any atom is 0.344 e. The molecule has 0 radical (unpaired) electrons. The highest BCUT2D eigenvalue weighted by atomic mass is 32.2. The number of amides is 1. The second kappa shape index (κ2) is 9.19. The molecule has 1 amide bonds. The standard InChI is InChI=1S/C23H19NO7S/c1-3-29-23(27)19-20(25)18(11-13-4-9-16-17(10-13)31-12-30-16)32-22(19)24-21(26)14-5-7-15(28-2)8-6-14/h4-11,25H,3,12H2,1-2H3. The van der Waals surface area contributed by atoms with Crippen molar-refractivity contribution in [2.75, 3.05) is 20.5 Å². The highest BCUT2D eigenvalue weighted by Crippen LogP contribution is 2.40. The molecule has 164 valence electrons. The Hall–Kier alpha value is -3.72. The van der Waals surface area contributed by atoms with E-state index >= 15 is 0 Å². The minimum atomic E-state index is -0.757. The molecule has 0 saturated carbocycles. The van der Waals surface area contributed by atoms with Gasteiger partial charge in [-0.2, -0.15) is 0 Å². The van der Waals surface area contributed by atoms with Gasteiger partial charge >= 0.3 is 5.97 Å². The molecular formula is C23H19NO7S. The monoisotopic (exact) mass is 453 g/mol. The zero-order chi connectivity index (χ0) is 22.7. The molecule has 32 heavy (non-hydrogen) atoms. The zero-order valence-electron chi connectivity index (χ0n) is 17.3. The van der Waals surface area contributed by atoms with E-state index in [-0.39, 0.29) is 29.8 Å². The van der Waals surface area contributed by atoms with Gasteiger partial charge in [-0.05, 0) is 55.0 Å². The average molecular weight is 453 g/mol. The zero-order valence-corrected chi connectivity index (χ0v) is 18.1. The summed E-state index contributed by atoms with van der Waals surface area (Å²) in [6, 6.07) is 11.7. The van der Waals surface area contributed by atoms with E-state index in [1.165, 1.54) is 7.11 Å². The van der Waals surface area contributed by atoms with Gasteiger partial charge in [0.2, 0.25) is 6.79 Å². The van der Waals surface area contributed by atoms with E-state index in [0.717, 1.165) is 11.8 Å². The summed E-state index contributed by atoms with van der Waals surface area (Å²) in [5.41, 5.74) is 0.884. The van der Waals surface area contributed by atoms with Gasteiger partial charge in [0.15, 0.2) is 11.5 Å². The van der Waals surface area contributed by atoms with Crippen LogP contribution < -0.4 is 14.2 Å². The van der Waals surface area contributed by atoms with Crippen LogP contribution in [0.2, 0.25) is 0 Å². The molecule has 2 aromatic rings. The lowest BCUT2D eigenvalue weighted by Crippen LogP contribution is -2.14. The average Bonchev–Trinajstić information content (AvgIpc) is 3.38. The summed E-state index contributed by atoms with van der Waals surface area (Å²) < 4.78 is 20.8. The van der Waals surface area contributed by atoms with Crippen molar-refractivity contribution in [2.45, 2.75) is 6.92 Å². The molecule has 0 aliphatic carbocycles. The number of benzene rings is 2. The van der Waals surface area contributed by atoms with Gasteiger partial charge in [-0.25, -0.2) is 9.79 Å². The summed E-state index contributed by atoms with van der Waals surface area (Å²) >= 11 is 1.01. The van der Waals surface area contributed by atoms with E-state index in [0.29, 0.717) is 33.3 Å². The minimum Gasteiger partial charge on any atom is -0.506 e. The number of thioether (sulfide) groups is 1. The molecule has 9 heteroatoms. The van der Waals surface area contributed by atoms with Crippen LogP contribution in [0.15, 0.2) is 63.7 Å². The Morgan fingerprint density at radius 1 is 1.16 bits per heavy atom. The van der Waals surface area contributed by atoms with Crippen molar-refractivity contribution in [1.82, 2.24) is 0 Å². The number of nitrogens with zero attached hydrogens (tertiary/aromatic N) is 1. The summed E-state index contributed by atoms with van der Waals surface area (Å²) in [5, 5.41) is 10.8. The number of hydrogen-bond acceptors (Lipinski definition) is 8. The summed E-state index contributed by atoms with van der Waals surface area (Å²) in [4.78, 5) is 29.6. The van der Waals surface area contributed by atoms with Crippen LogP contribution in [0, 0.1) is 0 Å². The molecule has 2 heterocycles. The number of esters is 1. The van der Waals surface area contributed by atoms with Crippen LogP contribution in [0.5, 0.6) is 17.2 Å². The molecule has 0 atom stereocenters. The van der Waals surface area contributed by atoms with E-state index in [2.05, 4.69) is 4.99 Å². The number of aliphatic hydroxyl groups is 1. The minimum absolute atomic E-state index is 0.0637. The quantitative estimate of drug-likeness (QED) is 0.674. The highest BCUT2D eigenvalue weighted by molar-refractivity contribution is 8.18. The number of fused-ring (bicyclic) bond motifs is 1. The van der Waals surface area contributed by atoms with Gasteiger partial charge in [0.05, 0.1) is 18.6 Å². The summed E-state index contributed by atoms with van der Waals surface area (Å²) in [6.45, 7) is 1.91. The fourth-order valence-electron chi connectivity index (χ4n) is 3.04. The van der Waals surface area contributed by atoms with Crippen molar-refractivity contribution in [1.29, 1.82) is 0 Å².